The molecule has 2 aromatic rings. The molecular formula is C18H22ClN3O. The summed E-state index contributed by atoms with van der Waals surface area (Å²) in [6, 6.07) is 7.56. The van der Waals surface area contributed by atoms with E-state index in [1.54, 1.807) is 0 Å². The Morgan fingerprint density at radius 2 is 1.91 bits per heavy atom. The van der Waals surface area contributed by atoms with Crippen LogP contribution in [0.3, 0.4) is 0 Å². The van der Waals surface area contributed by atoms with Crippen LogP contribution in [0.25, 0.3) is 0 Å². The molecule has 1 saturated carbocycles. The molecule has 0 aliphatic heterocycles. The van der Waals surface area contributed by atoms with Gasteiger partial charge in [-0.05, 0) is 51.3 Å². The van der Waals surface area contributed by atoms with Gasteiger partial charge in [0.05, 0.1) is 17.2 Å². The van der Waals surface area contributed by atoms with Gasteiger partial charge in [-0.3, -0.25) is 9.48 Å². The molecule has 0 saturated heterocycles. The molecule has 1 aromatic heterocycles. The number of amides is 1. The number of carbonyl (C=O) groups is 1. The van der Waals surface area contributed by atoms with Crippen molar-refractivity contribution in [2.24, 2.45) is 7.05 Å². The van der Waals surface area contributed by atoms with Crippen molar-refractivity contribution in [1.29, 1.82) is 0 Å². The summed E-state index contributed by atoms with van der Waals surface area (Å²) < 4.78 is 1.86. The summed E-state index contributed by atoms with van der Waals surface area (Å²) in [7, 11) is 1.93. The van der Waals surface area contributed by atoms with Gasteiger partial charge in [0, 0.05) is 23.3 Å². The van der Waals surface area contributed by atoms with Crippen LogP contribution in [-0.2, 0) is 17.3 Å². The Kier molecular flexibility index (Phi) is 3.96. The molecule has 1 aliphatic carbocycles. The molecule has 1 aromatic carbocycles. The van der Waals surface area contributed by atoms with Gasteiger partial charge in [-0.25, -0.2) is 0 Å². The minimum absolute atomic E-state index is 0.0547. The highest BCUT2D eigenvalue weighted by Gasteiger charge is 2.51. The fraction of sp³-hybridized carbons (Fsp3) is 0.444. The summed E-state index contributed by atoms with van der Waals surface area (Å²) in [5.74, 6) is 0.0926. The van der Waals surface area contributed by atoms with Gasteiger partial charge in [0.1, 0.15) is 0 Å². The monoisotopic (exact) mass is 331 g/mol. The largest absolute Gasteiger partial charge is 0.349 e. The van der Waals surface area contributed by atoms with Gasteiger partial charge in [0.15, 0.2) is 0 Å². The molecule has 1 atom stereocenters. The first-order valence-corrected chi connectivity index (χ1v) is 8.30. The van der Waals surface area contributed by atoms with E-state index in [-0.39, 0.29) is 17.4 Å². The lowest BCUT2D eigenvalue weighted by molar-refractivity contribution is -0.124. The molecule has 1 amide bonds. The number of rotatable bonds is 4. The van der Waals surface area contributed by atoms with E-state index < -0.39 is 0 Å². The lowest BCUT2D eigenvalue weighted by Gasteiger charge is -2.20. The Bertz CT molecular complexity index is 744. The third-order valence-corrected chi connectivity index (χ3v) is 5.18. The van der Waals surface area contributed by atoms with Crippen LogP contribution < -0.4 is 5.32 Å². The highest BCUT2D eigenvalue weighted by Crippen LogP contribution is 2.49. The smallest absolute Gasteiger partial charge is 0.231 e. The quantitative estimate of drug-likeness (QED) is 0.930. The second-order valence-electron chi connectivity index (χ2n) is 6.49. The molecule has 1 fully saturated rings. The maximum Gasteiger partial charge on any atom is 0.231 e. The molecule has 1 aliphatic rings. The van der Waals surface area contributed by atoms with Crippen molar-refractivity contribution in [3.8, 4) is 0 Å². The minimum atomic E-state index is -0.386. The van der Waals surface area contributed by atoms with E-state index in [9.17, 15) is 4.79 Å². The lowest BCUT2D eigenvalue weighted by atomic mass is 9.94. The van der Waals surface area contributed by atoms with Crippen LogP contribution in [0.15, 0.2) is 24.3 Å². The summed E-state index contributed by atoms with van der Waals surface area (Å²) in [5, 5.41) is 8.31. The average molecular weight is 332 g/mol. The van der Waals surface area contributed by atoms with E-state index in [2.05, 4.69) is 10.4 Å². The molecular weight excluding hydrogens is 310 g/mol. The van der Waals surface area contributed by atoms with E-state index >= 15 is 0 Å². The van der Waals surface area contributed by atoms with Crippen molar-refractivity contribution in [3.05, 3.63) is 51.8 Å². The van der Waals surface area contributed by atoms with Crippen molar-refractivity contribution < 1.29 is 4.79 Å². The van der Waals surface area contributed by atoms with Gasteiger partial charge in [-0.1, -0.05) is 23.7 Å². The van der Waals surface area contributed by atoms with Crippen LogP contribution in [0, 0.1) is 13.8 Å². The van der Waals surface area contributed by atoms with Crippen LogP contribution in [0.1, 0.15) is 48.3 Å². The standard InChI is InChI=1S/C18H22ClN3O/c1-11(16-12(2)21-22(4)13(16)3)20-17(23)18(9-10-18)14-5-7-15(19)8-6-14/h5-8,11H,9-10H2,1-4H3,(H,20,23)/t11-/m0/s1. The van der Waals surface area contributed by atoms with Gasteiger partial charge in [-0.15, -0.1) is 0 Å². The van der Waals surface area contributed by atoms with Crippen molar-refractivity contribution in [2.75, 3.05) is 0 Å². The number of nitrogens with zero attached hydrogens (tertiary/aromatic N) is 2. The van der Waals surface area contributed by atoms with Crippen molar-refractivity contribution in [2.45, 2.75) is 45.1 Å². The first kappa shape index (κ1) is 16.1. The average Bonchev–Trinajstić information content (AvgIpc) is 3.25. The zero-order valence-corrected chi connectivity index (χ0v) is 14.7. The summed E-state index contributed by atoms with van der Waals surface area (Å²) in [4.78, 5) is 12.9. The number of halogens is 1. The summed E-state index contributed by atoms with van der Waals surface area (Å²) in [6.07, 6.45) is 1.77. The lowest BCUT2D eigenvalue weighted by Crippen LogP contribution is -2.36. The van der Waals surface area contributed by atoms with Crippen molar-refractivity contribution in [1.82, 2.24) is 15.1 Å². The first-order chi connectivity index (χ1) is 10.8. The number of hydrogen-bond donors (Lipinski definition) is 1. The summed E-state index contributed by atoms with van der Waals surface area (Å²) in [6.45, 7) is 6.04. The van der Waals surface area contributed by atoms with Gasteiger partial charge in [0.2, 0.25) is 5.91 Å². The molecule has 3 rings (SSSR count). The molecule has 23 heavy (non-hydrogen) atoms. The van der Waals surface area contributed by atoms with Crippen LogP contribution >= 0.6 is 11.6 Å². The van der Waals surface area contributed by atoms with E-state index in [4.69, 9.17) is 11.6 Å². The van der Waals surface area contributed by atoms with Crippen molar-refractivity contribution >= 4 is 17.5 Å². The zero-order valence-electron chi connectivity index (χ0n) is 14.0. The fourth-order valence-electron chi connectivity index (χ4n) is 3.36. The SMILES string of the molecule is Cc1nn(C)c(C)c1[C@H](C)NC(=O)C1(c2ccc(Cl)cc2)CC1. The molecule has 0 unspecified atom stereocenters. The van der Waals surface area contributed by atoms with Crippen LogP contribution in [-0.4, -0.2) is 15.7 Å². The topological polar surface area (TPSA) is 46.9 Å². The molecule has 1 N–H and O–H groups in total. The number of nitrogens with one attached hydrogen (secondary N) is 1. The predicted octanol–water partition coefficient (Wildman–Crippen LogP) is 3.60. The van der Waals surface area contributed by atoms with Crippen LogP contribution in [0.5, 0.6) is 0 Å². The maximum atomic E-state index is 12.9. The second-order valence-corrected chi connectivity index (χ2v) is 6.93. The Morgan fingerprint density at radius 1 is 1.30 bits per heavy atom. The molecule has 1 heterocycles. The second kappa shape index (κ2) is 5.68. The number of hydrogen-bond acceptors (Lipinski definition) is 2. The van der Waals surface area contributed by atoms with E-state index in [0.29, 0.717) is 5.02 Å². The Morgan fingerprint density at radius 3 is 2.39 bits per heavy atom. The zero-order chi connectivity index (χ0) is 16.8. The molecule has 122 valence electrons. The molecule has 0 radical (unpaired) electrons. The third-order valence-electron chi connectivity index (χ3n) is 4.93. The Hall–Kier alpha value is -1.81. The number of carbonyl (C=O) groups excluding carboxylic acids is 1. The normalized spacial score (nSPS) is 16.9. The van der Waals surface area contributed by atoms with Crippen LogP contribution in [0.2, 0.25) is 5.02 Å². The van der Waals surface area contributed by atoms with E-state index in [0.717, 1.165) is 35.4 Å². The Balaban J connectivity index is 1.80. The molecule has 0 bridgehead atoms. The van der Waals surface area contributed by atoms with Crippen molar-refractivity contribution in [3.63, 3.8) is 0 Å². The predicted molar refractivity (Wildman–Crippen MR) is 91.6 cm³/mol. The van der Waals surface area contributed by atoms with E-state index in [1.807, 2.05) is 56.8 Å². The minimum Gasteiger partial charge on any atom is -0.349 e. The van der Waals surface area contributed by atoms with Gasteiger partial charge >= 0.3 is 0 Å². The molecule has 4 nitrogen and oxygen atoms in total. The van der Waals surface area contributed by atoms with Gasteiger partial charge in [0.25, 0.3) is 0 Å². The maximum absolute atomic E-state index is 12.9. The van der Waals surface area contributed by atoms with Gasteiger partial charge < -0.3 is 5.32 Å². The highest BCUT2D eigenvalue weighted by atomic mass is 35.5. The summed E-state index contributed by atoms with van der Waals surface area (Å²) >= 11 is 5.95. The first-order valence-electron chi connectivity index (χ1n) is 7.92. The fourth-order valence-corrected chi connectivity index (χ4v) is 3.49. The van der Waals surface area contributed by atoms with Crippen LogP contribution in [0.4, 0.5) is 0 Å². The third kappa shape index (κ3) is 2.76. The molecule has 0 spiro atoms. The van der Waals surface area contributed by atoms with E-state index in [1.165, 1.54) is 0 Å². The highest BCUT2D eigenvalue weighted by molar-refractivity contribution is 6.30. The molecule has 5 heteroatoms. The number of aromatic nitrogens is 2. The van der Waals surface area contributed by atoms with Gasteiger partial charge in [-0.2, -0.15) is 5.10 Å². The Labute approximate surface area is 141 Å². The summed E-state index contributed by atoms with van der Waals surface area (Å²) in [5.41, 5.74) is 3.82. The number of aryl methyl sites for hydroxylation is 2. The number of benzene rings is 1.